The number of carbonyl (C=O) groups excluding carboxylic acids is 1. The number of amides is 1. The molecule has 1 aromatic carbocycles. The zero-order chi connectivity index (χ0) is 13.0. The van der Waals surface area contributed by atoms with Crippen LogP contribution in [0.25, 0.3) is 0 Å². The predicted octanol–water partition coefficient (Wildman–Crippen LogP) is 1.21. The molecule has 1 fully saturated rings. The zero-order valence-corrected chi connectivity index (χ0v) is 10.3. The molecule has 5 nitrogen and oxygen atoms in total. The first-order chi connectivity index (χ1) is 8.66. The van der Waals surface area contributed by atoms with Crippen LogP contribution in [0.4, 0.5) is 11.4 Å². The van der Waals surface area contributed by atoms with Crippen LogP contribution in [0.5, 0.6) is 0 Å². The number of rotatable bonds is 4. The second-order valence-corrected chi connectivity index (χ2v) is 4.61. The van der Waals surface area contributed by atoms with E-state index in [-0.39, 0.29) is 0 Å². The topological polar surface area (TPSA) is 90.4 Å². The second kappa shape index (κ2) is 5.73. The maximum Gasteiger partial charge on any atom is 0.250 e. The number of benzene rings is 1. The molecular weight excluding hydrogens is 230 g/mol. The van der Waals surface area contributed by atoms with Gasteiger partial charge in [-0.2, -0.15) is 0 Å². The highest BCUT2D eigenvalue weighted by molar-refractivity contribution is 5.99. The number of hydrogen-bond acceptors (Lipinski definition) is 4. The van der Waals surface area contributed by atoms with E-state index in [0.717, 1.165) is 32.6 Å². The summed E-state index contributed by atoms with van der Waals surface area (Å²) in [6.45, 7) is 2.44. The van der Waals surface area contributed by atoms with Gasteiger partial charge in [-0.05, 0) is 37.0 Å². The molecule has 18 heavy (non-hydrogen) atoms. The lowest BCUT2D eigenvalue weighted by Gasteiger charge is -2.23. The summed E-state index contributed by atoms with van der Waals surface area (Å²) in [5, 5.41) is 3.27. The third kappa shape index (κ3) is 3.13. The molecule has 1 saturated heterocycles. The Bertz CT molecular complexity index is 428. The highest BCUT2D eigenvalue weighted by Gasteiger charge is 2.15. The highest BCUT2D eigenvalue weighted by Crippen LogP contribution is 2.21. The number of nitrogens with one attached hydrogen (secondary N) is 1. The largest absolute Gasteiger partial charge is 0.399 e. The smallest absolute Gasteiger partial charge is 0.250 e. The van der Waals surface area contributed by atoms with Crippen LogP contribution in [0.15, 0.2) is 18.2 Å². The van der Waals surface area contributed by atoms with Gasteiger partial charge in [0.2, 0.25) is 0 Å². The van der Waals surface area contributed by atoms with Crippen molar-refractivity contribution >= 4 is 17.3 Å². The van der Waals surface area contributed by atoms with Crippen LogP contribution >= 0.6 is 0 Å². The summed E-state index contributed by atoms with van der Waals surface area (Å²) in [6, 6.07) is 5.09. The molecule has 5 heteroatoms. The molecule has 0 aromatic heterocycles. The predicted molar refractivity (Wildman–Crippen MR) is 71.4 cm³/mol. The number of nitrogen functional groups attached to an aromatic ring is 1. The Morgan fingerprint density at radius 2 is 2.11 bits per heavy atom. The number of ether oxygens (including phenoxy) is 1. The molecular formula is C13H19N3O2. The van der Waals surface area contributed by atoms with Gasteiger partial charge >= 0.3 is 0 Å². The van der Waals surface area contributed by atoms with Crippen molar-refractivity contribution in [3.8, 4) is 0 Å². The van der Waals surface area contributed by atoms with Crippen molar-refractivity contribution < 1.29 is 9.53 Å². The van der Waals surface area contributed by atoms with E-state index in [9.17, 15) is 4.79 Å². The van der Waals surface area contributed by atoms with Crippen LogP contribution in [-0.2, 0) is 4.74 Å². The first-order valence-corrected chi connectivity index (χ1v) is 6.18. The van der Waals surface area contributed by atoms with Crippen molar-refractivity contribution in [2.75, 3.05) is 30.8 Å². The fourth-order valence-corrected chi connectivity index (χ4v) is 2.13. The van der Waals surface area contributed by atoms with E-state index < -0.39 is 5.91 Å². The minimum atomic E-state index is -0.440. The summed E-state index contributed by atoms with van der Waals surface area (Å²) in [5.74, 6) is 0.130. The zero-order valence-electron chi connectivity index (χ0n) is 10.3. The third-order valence-electron chi connectivity index (χ3n) is 3.23. The standard InChI is InChI=1S/C13H19N3O2/c14-10-1-2-11(13(15)17)12(7-10)16-8-9-3-5-18-6-4-9/h1-2,7,9,16H,3-6,8,14H2,(H2,15,17). The first kappa shape index (κ1) is 12.7. The van der Waals surface area contributed by atoms with Gasteiger partial charge in [0, 0.05) is 31.1 Å². The lowest BCUT2D eigenvalue weighted by molar-refractivity contribution is 0.0699. The van der Waals surface area contributed by atoms with Crippen LogP contribution < -0.4 is 16.8 Å². The maximum absolute atomic E-state index is 11.3. The van der Waals surface area contributed by atoms with Crippen molar-refractivity contribution in [3.05, 3.63) is 23.8 Å². The van der Waals surface area contributed by atoms with Gasteiger partial charge < -0.3 is 21.5 Å². The minimum absolute atomic E-state index is 0.440. The first-order valence-electron chi connectivity index (χ1n) is 6.18. The molecule has 0 unspecified atom stereocenters. The monoisotopic (exact) mass is 249 g/mol. The fourth-order valence-electron chi connectivity index (χ4n) is 2.13. The summed E-state index contributed by atoms with van der Waals surface area (Å²) in [7, 11) is 0. The van der Waals surface area contributed by atoms with Gasteiger partial charge in [-0.3, -0.25) is 4.79 Å². The molecule has 0 saturated carbocycles. The second-order valence-electron chi connectivity index (χ2n) is 4.61. The van der Waals surface area contributed by atoms with Gasteiger partial charge in [-0.1, -0.05) is 0 Å². The van der Waals surface area contributed by atoms with Crippen molar-refractivity contribution in [1.82, 2.24) is 0 Å². The Morgan fingerprint density at radius 1 is 1.39 bits per heavy atom. The Morgan fingerprint density at radius 3 is 2.78 bits per heavy atom. The van der Waals surface area contributed by atoms with Crippen molar-refractivity contribution in [3.63, 3.8) is 0 Å². The summed E-state index contributed by atoms with van der Waals surface area (Å²) in [4.78, 5) is 11.3. The average molecular weight is 249 g/mol. The van der Waals surface area contributed by atoms with Crippen LogP contribution in [0.2, 0.25) is 0 Å². The van der Waals surface area contributed by atoms with Crippen molar-refractivity contribution in [2.24, 2.45) is 11.7 Å². The van der Waals surface area contributed by atoms with E-state index in [0.29, 0.717) is 22.9 Å². The number of primary amides is 1. The molecule has 1 heterocycles. The Labute approximate surface area is 106 Å². The summed E-state index contributed by atoms with van der Waals surface area (Å²) >= 11 is 0. The molecule has 1 aliphatic rings. The Balaban J connectivity index is 2.03. The number of carbonyl (C=O) groups is 1. The molecule has 0 spiro atoms. The summed E-state index contributed by atoms with van der Waals surface area (Å²) in [6.07, 6.45) is 2.09. The number of nitrogens with two attached hydrogens (primary N) is 2. The molecule has 1 aromatic rings. The molecule has 0 bridgehead atoms. The van der Waals surface area contributed by atoms with Gasteiger partial charge in [-0.15, -0.1) is 0 Å². The third-order valence-corrected chi connectivity index (χ3v) is 3.23. The van der Waals surface area contributed by atoms with Gasteiger partial charge in [0.15, 0.2) is 0 Å². The van der Waals surface area contributed by atoms with Crippen LogP contribution in [0.3, 0.4) is 0 Å². The minimum Gasteiger partial charge on any atom is -0.399 e. The van der Waals surface area contributed by atoms with E-state index in [4.69, 9.17) is 16.2 Å². The van der Waals surface area contributed by atoms with Gasteiger partial charge in [0.25, 0.3) is 5.91 Å². The fraction of sp³-hybridized carbons (Fsp3) is 0.462. The number of hydrogen-bond donors (Lipinski definition) is 3. The molecule has 5 N–H and O–H groups in total. The molecule has 0 radical (unpaired) electrons. The van der Waals surface area contributed by atoms with E-state index in [1.54, 1.807) is 18.2 Å². The lowest BCUT2D eigenvalue weighted by atomic mass is 10.00. The quantitative estimate of drug-likeness (QED) is 0.699. The van der Waals surface area contributed by atoms with Crippen molar-refractivity contribution in [2.45, 2.75) is 12.8 Å². The molecule has 2 rings (SSSR count). The number of anilines is 2. The molecule has 0 atom stereocenters. The van der Waals surface area contributed by atoms with Gasteiger partial charge in [0.05, 0.1) is 5.56 Å². The van der Waals surface area contributed by atoms with Crippen LogP contribution in [0, 0.1) is 5.92 Å². The average Bonchev–Trinajstić information content (AvgIpc) is 2.37. The SMILES string of the molecule is NC(=O)c1ccc(N)cc1NCC1CCOCC1. The molecule has 98 valence electrons. The highest BCUT2D eigenvalue weighted by atomic mass is 16.5. The summed E-state index contributed by atoms with van der Waals surface area (Å²) in [5.41, 5.74) is 12.9. The molecule has 1 aliphatic heterocycles. The van der Waals surface area contributed by atoms with E-state index >= 15 is 0 Å². The van der Waals surface area contributed by atoms with E-state index in [1.807, 2.05) is 0 Å². The van der Waals surface area contributed by atoms with E-state index in [1.165, 1.54) is 0 Å². The van der Waals surface area contributed by atoms with Crippen molar-refractivity contribution in [1.29, 1.82) is 0 Å². The van der Waals surface area contributed by atoms with E-state index in [2.05, 4.69) is 5.32 Å². The Kier molecular flexibility index (Phi) is 4.04. The van der Waals surface area contributed by atoms with Crippen LogP contribution in [-0.4, -0.2) is 25.7 Å². The maximum atomic E-state index is 11.3. The lowest BCUT2D eigenvalue weighted by Crippen LogP contribution is -2.24. The Hall–Kier alpha value is -1.75. The van der Waals surface area contributed by atoms with Gasteiger partial charge in [0.1, 0.15) is 0 Å². The normalized spacial score (nSPS) is 16.4. The van der Waals surface area contributed by atoms with Gasteiger partial charge in [-0.25, -0.2) is 0 Å². The molecule has 1 amide bonds. The van der Waals surface area contributed by atoms with Crippen LogP contribution in [0.1, 0.15) is 23.2 Å². The summed E-state index contributed by atoms with van der Waals surface area (Å²) < 4.78 is 5.31. The molecule has 0 aliphatic carbocycles.